The number of ether oxygens (including phenoxy) is 1. The first-order valence-electron chi connectivity index (χ1n) is 4.42. The van der Waals surface area contributed by atoms with E-state index in [1.54, 1.807) is 7.11 Å². The van der Waals surface area contributed by atoms with Crippen LogP contribution in [-0.2, 0) is 11.3 Å². The summed E-state index contributed by atoms with van der Waals surface area (Å²) in [7, 11) is 1.72. The van der Waals surface area contributed by atoms with Crippen molar-refractivity contribution in [2.24, 2.45) is 0 Å². The Morgan fingerprint density at radius 3 is 2.62 bits per heavy atom. The highest BCUT2D eigenvalue weighted by molar-refractivity contribution is 9.10. The number of rotatable bonds is 3. The molecule has 0 heterocycles. The maximum atomic E-state index is 5.11. The van der Waals surface area contributed by atoms with Gasteiger partial charge in [0.15, 0.2) is 0 Å². The van der Waals surface area contributed by atoms with E-state index < -0.39 is 0 Å². The molecule has 0 unspecified atom stereocenters. The highest BCUT2D eigenvalue weighted by atomic mass is 79.9. The lowest BCUT2D eigenvalue weighted by Crippen LogP contribution is -1.93. The van der Waals surface area contributed by atoms with Crippen molar-refractivity contribution < 1.29 is 4.74 Å². The van der Waals surface area contributed by atoms with Crippen LogP contribution in [0.2, 0.25) is 0 Å². The second-order valence-electron chi connectivity index (χ2n) is 3.44. The average molecular weight is 243 g/mol. The molecule has 0 fully saturated rings. The maximum Gasteiger partial charge on any atom is 0.0724 e. The standard InChI is InChI=1S/C11H15BrO/c1-8(2)9-4-5-11(12)10(6-9)7-13-3/h4-6,8H,7H2,1-3H3. The summed E-state index contributed by atoms with van der Waals surface area (Å²) in [4.78, 5) is 0. The first-order valence-corrected chi connectivity index (χ1v) is 5.21. The van der Waals surface area contributed by atoms with Crippen LogP contribution >= 0.6 is 15.9 Å². The van der Waals surface area contributed by atoms with Crippen LogP contribution in [0.25, 0.3) is 0 Å². The van der Waals surface area contributed by atoms with Gasteiger partial charge in [-0.2, -0.15) is 0 Å². The third-order valence-corrected chi connectivity index (χ3v) is 2.81. The van der Waals surface area contributed by atoms with Crippen LogP contribution in [0.15, 0.2) is 22.7 Å². The van der Waals surface area contributed by atoms with Gasteiger partial charge in [-0.1, -0.05) is 41.9 Å². The molecule has 0 amide bonds. The lowest BCUT2D eigenvalue weighted by molar-refractivity contribution is 0.184. The monoisotopic (exact) mass is 242 g/mol. The molecule has 13 heavy (non-hydrogen) atoms. The number of hydrogen-bond donors (Lipinski definition) is 0. The van der Waals surface area contributed by atoms with Gasteiger partial charge in [0.05, 0.1) is 6.61 Å². The van der Waals surface area contributed by atoms with E-state index in [9.17, 15) is 0 Å². The molecule has 1 rings (SSSR count). The fourth-order valence-electron chi connectivity index (χ4n) is 1.22. The Labute approximate surface area is 88.2 Å². The molecule has 1 aromatic carbocycles. The van der Waals surface area contributed by atoms with Crippen LogP contribution in [0.1, 0.15) is 30.9 Å². The number of benzene rings is 1. The molecule has 0 radical (unpaired) electrons. The van der Waals surface area contributed by atoms with Gasteiger partial charge in [0.1, 0.15) is 0 Å². The van der Waals surface area contributed by atoms with Crippen molar-refractivity contribution in [1.29, 1.82) is 0 Å². The summed E-state index contributed by atoms with van der Waals surface area (Å²) in [5.41, 5.74) is 2.57. The number of methoxy groups -OCH3 is 1. The maximum absolute atomic E-state index is 5.11. The van der Waals surface area contributed by atoms with Gasteiger partial charge in [-0.05, 0) is 23.1 Å². The smallest absolute Gasteiger partial charge is 0.0724 e. The summed E-state index contributed by atoms with van der Waals surface area (Å²) >= 11 is 3.50. The van der Waals surface area contributed by atoms with E-state index in [4.69, 9.17) is 4.74 Å². The summed E-state index contributed by atoms with van der Waals surface area (Å²) in [5, 5.41) is 0. The summed E-state index contributed by atoms with van der Waals surface area (Å²) in [6, 6.07) is 6.43. The Morgan fingerprint density at radius 1 is 1.38 bits per heavy atom. The molecular weight excluding hydrogens is 228 g/mol. The Hall–Kier alpha value is -0.340. The van der Waals surface area contributed by atoms with Crippen molar-refractivity contribution in [2.75, 3.05) is 7.11 Å². The van der Waals surface area contributed by atoms with Crippen molar-refractivity contribution in [3.05, 3.63) is 33.8 Å². The predicted molar refractivity (Wildman–Crippen MR) is 58.9 cm³/mol. The quantitative estimate of drug-likeness (QED) is 0.786. The van der Waals surface area contributed by atoms with Gasteiger partial charge in [-0.3, -0.25) is 0 Å². The Kier molecular flexibility index (Phi) is 3.94. The van der Waals surface area contributed by atoms with E-state index in [0.717, 1.165) is 4.47 Å². The highest BCUT2D eigenvalue weighted by Gasteiger charge is 2.03. The van der Waals surface area contributed by atoms with E-state index >= 15 is 0 Å². The van der Waals surface area contributed by atoms with E-state index in [2.05, 4.69) is 48.0 Å². The van der Waals surface area contributed by atoms with Crippen molar-refractivity contribution in [2.45, 2.75) is 26.4 Å². The molecule has 0 aromatic heterocycles. The Morgan fingerprint density at radius 2 is 2.08 bits per heavy atom. The van der Waals surface area contributed by atoms with E-state index in [1.165, 1.54) is 11.1 Å². The Bertz CT molecular complexity index is 281. The normalized spacial score (nSPS) is 10.8. The van der Waals surface area contributed by atoms with Gasteiger partial charge in [0.2, 0.25) is 0 Å². The van der Waals surface area contributed by atoms with Crippen molar-refractivity contribution in [3.8, 4) is 0 Å². The van der Waals surface area contributed by atoms with Crippen LogP contribution in [-0.4, -0.2) is 7.11 Å². The van der Waals surface area contributed by atoms with Gasteiger partial charge in [0, 0.05) is 11.6 Å². The molecule has 1 nitrogen and oxygen atoms in total. The Balaban J connectivity index is 2.97. The molecular formula is C11H15BrO. The molecule has 0 saturated heterocycles. The van der Waals surface area contributed by atoms with Gasteiger partial charge in [-0.15, -0.1) is 0 Å². The van der Waals surface area contributed by atoms with E-state index in [-0.39, 0.29) is 0 Å². The second-order valence-corrected chi connectivity index (χ2v) is 4.29. The van der Waals surface area contributed by atoms with Crippen LogP contribution in [0.5, 0.6) is 0 Å². The third kappa shape index (κ3) is 2.82. The summed E-state index contributed by atoms with van der Waals surface area (Å²) in [6.07, 6.45) is 0. The minimum Gasteiger partial charge on any atom is -0.380 e. The molecule has 0 saturated carbocycles. The second kappa shape index (κ2) is 4.77. The molecule has 0 spiro atoms. The average Bonchev–Trinajstić information content (AvgIpc) is 2.08. The SMILES string of the molecule is COCc1cc(C(C)C)ccc1Br. The van der Waals surface area contributed by atoms with Crippen molar-refractivity contribution in [3.63, 3.8) is 0 Å². The third-order valence-electron chi connectivity index (χ3n) is 2.04. The molecule has 2 heteroatoms. The van der Waals surface area contributed by atoms with E-state index in [0.29, 0.717) is 12.5 Å². The molecule has 72 valence electrons. The topological polar surface area (TPSA) is 9.23 Å². The molecule has 1 aromatic rings. The minimum atomic E-state index is 0.573. The zero-order valence-electron chi connectivity index (χ0n) is 8.30. The highest BCUT2D eigenvalue weighted by Crippen LogP contribution is 2.23. The van der Waals surface area contributed by atoms with Crippen LogP contribution in [0.3, 0.4) is 0 Å². The molecule has 0 bridgehead atoms. The summed E-state index contributed by atoms with van der Waals surface area (Å²) in [6.45, 7) is 5.06. The predicted octanol–water partition coefficient (Wildman–Crippen LogP) is 3.72. The van der Waals surface area contributed by atoms with Crippen molar-refractivity contribution in [1.82, 2.24) is 0 Å². The van der Waals surface area contributed by atoms with Crippen LogP contribution < -0.4 is 0 Å². The molecule has 0 aliphatic heterocycles. The van der Waals surface area contributed by atoms with Gasteiger partial charge < -0.3 is 4.74 Å². The number of halogens is 1. The van der Waals surface area contributed by atoms with Crippen LogP contribution in [0, 0.1) is 0 Å². The minimum absolute atomic E-state index is 0.573. The lowest BCUT2D eigenvalue weighted by Gasteiger charge is -2.09. The molecule has 0 atom stereocenters. The fourth-order valence-corrected chi connectivity index (χ4v) is 1.58. The summed E-state index contributed by atoms with van der Waals surface area (Å²) in [5.74, 6) is 0.573. The first kappa shape index (κ1) is 10.7. The number of hydrogen-bond acceptors (Lipinski definition) is 1. The first-order chi connectivity index (χ1) is 6.15. The van der Waals surface area contributed by atoms with Gasteiger partial charge >= 0.3 is 0 Å². The molecule has 0 N–H and O–H groups in total. The van der Waals surface area contributed by atoms with E-state index in [1.807, 2.05) is 0 Å². The zero-order chi connectivity index (χ0) is 9.84. The van der Waals surface area contributed by atoms with Gasteiger partial charge in [-0.25, -0.2) is 0 Å². The largest absolute Gasteiger partial charge is 0.380 e. The van der Waals surface area contributed by atoms with Crippen LogP contribution in [0.4, 0.5) is 0 Å². The summed E-state index contributed by atoms with van der Waals surface area (Å²) < 4.78 is 6.24. The molecule has 0 aliphatic carbocycles. The zero-order valence-corrected chi connectivity index (χ0v) is 9.89. The van der Waals surface area contributed by atoms with Gasteiger partial charge in [0.25, 0.3) is 0 Å². The molecule has 0 aliphatic rings. The fraction of sp³-hybridized carbons (Fsp3) is 0.455. The lowest BCUT2D eigenvalue weighted by atomic mass is 10.0. The van der Waals surface area contributed by atoms with Crippen molar-refractivity contribution >= 4 is 15.9 Å².